The second-order valence-corrected chi connectivity index (χ2v) is 7.18. The molecule has 108 valence electrons. The average Bonchev–Trinajstić information content (AvgIpc) is 2.35. The van der Waals surface area contributed by atoms with Crippen LogP contribution in [0.25, 0.3) is 0 Å². The first-order chi connectivity index (χ1) is 8.72. The van der Waals surface area contributed by atoms with Crippen molar-refractivity contribution >= 4 is 25.6 Å². The second-order valence-electron chi connectivity index (χ2n) is 4.13. The van der Waals surface area contributed by atoms with Crippen LogP contribution in [0.15, 0.2) is 0 Å². The molecule has 0 saturated heterocycles. The van der Waals surface area contributed by atoms with Gasteiger partial charge in [-0.25, -0.2) is 4.79 Å². The van der Waals surface area contributed by atoms with Crippen LogP contribution in [-0.4, -0.2) is 56.8 Å². The van der Waals surface area contributed by atoms with Gasteiger partial charge in [0.1, 0.15) is 0 Å². The topological polar surface area (TPSA) is 64.8 Å². The number of hydrogen-bond donors (Lipinski definition) is 1. The van der Waals surface area contributed by atoms with Crippen molar-refractivity contribution < 1.29 is 13.6 Å². The van der Waals surface area contributed by atoms with Crippen LogP contribution in [0.3, 0.4) is 0 Å². The van der Waals surface area contributed by atoms with Crippen LogP contribution in [-0.2, 0) is 8.85 Å². The molecular formula is C11H28N2O3Si2. The van der Waals surface area contributed by atoms with Gasteiger partial charge in [-0.3, -0.25) is 0 Å². The Morgan fingerprint density at radius 1 is 1.06 bits per heavy atom. The van der Waals surface area contributed by atoms with Gasteiger partial charge in [-0.15, -0.1) is 0 Å². The zero-order chi connectivity index (χ0) is 13.6. The molecule has 0 atom stereocenters. The SMILES string of the molecule is CCO[SiH2]CCCN(CCC[SiH2]OCC)C(N)=O. The van der Waals surface area contributed by atoms with Crippen LogP contribution < -0.4 is 5.73 Å². The first-order valence-electron chi connectivity index (χ1n) is 6.92. The molecule has 0 aliphatic carbocycles. The van der Waals surface area contributed by atoms with Gasteiger partial charge in [0.15, 0.2) is 19.5 Å². The number of amides is 2. The van der Waals surface area contributed by atoms with E-state index in [4.69, 9.17) is 14.6 Å². The van der Waals surface area contributed by atoms with Crippen LogP contribution >= 0.6 is 0 Å². The molecule has 0 fully saturated rings. The predicted octanol–water partition coefficient (Wildman–Crippen LogP) is 0.224. The Kier molecular flexibility index (Phi) is 12.8. The molecule has 18 heavy (non-hydrogen) atoms. The first kappa shape index (κ1) is 17.6. The van der Waals surface area contributed by atoms with E-state index in [1.807, 2.05) is 13.8 Å². The summed E-state index contributed by atoms with van der Waals surface area (Å²) in [5, 5.41) is 0. The van der Waals surface area contributed by atoms with Crippen molar-refractivity contribution in [1.29, 1.82) is 0 Å². The largest absolute Gasteiger partial charge is 0.424 e. The fourth-order valence-electron chi connectivity index (χ4n) is 1.63. The molecule has 5 nitrogen and oxygen atoms in total. The lowest BCUT2D eigenvalue weighted by molar-refractivity contribution is 0.207. The highest BCUT2D eigenvalue weighted by Gasteiger charge is 2.08. The molecule has 0 aromatic heterocycles. The second kappa shape index (κ2) is 13.1. The maximum atomic E-state index is 11.2. The van der Waals surface area contributed by atoms with E-state index < -0.39 is 0 Å². The smallest absolute Gasteiger partial charge is 0.314 e. The first-order valence-corrected chi connectivity index (χ1v) is 10.1. The third-order valence-electron chi connectivity index (χ3n) is 2.65. The molecule has 0 bridgehead atoms. The monoisotopic (exact) mass is 292 g/mol. The summed E-state index contributed by atoms with van der Waals surface area (Å²) in [4.78, 5) is 13.0. The number of rotatable bonds is 12. The van der Waals surface area contributed by atoms with Gasteiger partial charge in [0.2, 0.25) is 0 Å². The highest BCUT2D eigenvalue weighted by Crippen LogP contribution is 2.00. The lowest BCUT2D eigenvalue weighted by atomic mass is 10.4. The van der Waals surface area contributed by atoms with E-state index in [0.29, 0.717) is 0 Å². The van der Waals surface area contributed by atoms with Gasteiger partial charge in [0, 0.05) is 26.3 Å². The summed E-state index contributed by atoms with van der Waals surface area (Å²) < 4.78 is 10.8. The van der Waals surface area contributed by atoms with Crippen molar-refractivity contribution in [3.63, 3.8) is 0 Å². The molecule has 0 spiro atoms. The van der Waals surface area contributed by atoms with Crippen molar-refractivity contribution in [3.05, 3.63) is 0 Å². The molecule has 0 unspecified atom stereocenters. The minimum Gasteiger partial charge on any atom is -0.424 e. The summed E-state index contributed by atoms with van der Waals surface area (Å²) >= 11 is 0. The predicted molar refractivity (Wildman–Crippen MR) is 80.3 cm³/mol. The van der Waals surface area contributed by atoms with Crippen molar-refractivity contribution in [2.45, 2.75) is 38.8 Å². The van der Waals surface area contributed by atoms with Gasteiger partial charge < -0.3 is 19.5 Å². The summed E-state index contributed by atoms with van der Waals surface area (Å²) in [6.07, 6.45) is 2.02. The van der Waals surface area contributed by atoms with E-state index in [2.05, 4.69) is 0 Å². The minimum absolute atomic E-state index is 0.300. The molecule has 0 aromatic rings. The Hall–Kier alpha value is -0.376. The molecule has 2 N–H and O–H groups in total. The zero-order valence-electron chi connectivity index (χ0n) is 11.8. The standard InChI is InChI=1S/C11H28N2O3Si2/c1-3-15-17-9-5-7-13(11(12)14)8-6-10-18-16-4-2/h3-10,17-18H2,1-2H3,(H2,12,14). The van der Waals surface area contributed by atoms with Gasteiger partial charge >= 0.3 is 6.03 Å². The van der Waals surface area contributed by atoms with E-state index in [9.17, 15) is 4.79 Å². The van der Waals surface area contributed by atoms with Gasteiger partial charge in [-0.2, -0.15) is 0 Å². The van der Waals surface area contributed by atoms with E-state index >= 15 is 0 Å². The fraction of sp³-hybridized carbons (Fsp3) is 0.909. The number of nitrogens with zero attached hydrogens (tertiary/aromatic N) is 1. The molecule has 0 heterocycles. The molecule has 0 saturated carbocycles. The maximum Gasteiger partial charge on any atom is 0.314 e. The Bertz CT molecular complexity index is 195. The molecule has 0 aromatic carbocycles. The van der Waals surface area contributed by atoms with E-state index in [0.717, 1.165) is 51.2 Å². The zero-order valence-corrected chi connectivity index (χ0v) is 14.6. The van der Waals surface area contributed by atoms with Crippen LogP contribution in [0.1, 0.15) is 26.7 Å². The lowest BCUT2D eigenvalue weighted by Crippen LogP contribution is -2.37. The van der Waals surface area contributed by atoms with Crippen molar-refractivity contribution in [3.8, 4) is 0 Å². The normalized spacial score (nSPS) is 11.9. The van der Waals surface area contributed by atoms with Crippen LogP contribution in [0.4, 0.5) is 4.79 Å². The van der Waals surface area contributed by atoms with Gasteiger partial charge in [-0.1, -0.05) is 0 Å². The van der Waals surface area contributed by atoms with E-state index in [-0.39, 0.29) is 25.6 Å². The maximum absolute atomic E-state index is 11.2. The molecule has 0 rings (SSSR count). The Balaban J connectivity index is 3.56. The summed E-state index contributed by atoms with van der Waals surface area (Å²) in [5.41, 5.74) is 5.37. The lowest BCUT2D eigenvalue weighted by Gasteiger charge is -2.20. The highest BCUT2D eigenvalue weighted by atomic mass is 28.2. The van der Waals surface area contributed by atoms with Gasteiger partial charge in [0.25, 0.3) is 0 Å². The molecule has 0 aliphatic heterocycles. The Labute approximate surface area is 115 Å². The van der Waals surface area contributed by atoms with E-state index in [1.165, 1.54) is 0 Å². The molecule has 7 heteroatoms. The van der Waals surface area contributed by atoms with Crippen LogP contribution in [0.5, 0.6) is 0 Å². The summed E-state index contributed by atoms with van der Waals surface area (Å²) in [7, 11) is -0.757. The molecule has 2 amide bonds. The van der Waals surface area contributed by atoms with Gasteiger partial charge in [0.05, 0.1) is 0 Å². The quantitative estimate of drug-likeness (QED) is 0.413. The Morgan fingerprint density at radius 2 is 1.50 bits per heavy atom. The van der Waals surface area contributed by atoms with Crippen molar-refractivity contribution in [1.82, 2.24) is 4.90 Å². The molecule has 0 radical (unpaired) electrons. The summed E-state index contributed by atoms with van der Waals surface area (Å²) in [6, 6.07) is 1.93. The van der Waals surface area contributed by atoms with E-state index in [1.54, 1.807) is 4.90 Å². The van der Waals surface area contributed by atoms with Crippen LogP contribution in [0.2, 0.25) is 12.1 Å². The number of carbonyl (C=O) groups is 1. The van der Waals surface area contributed by atoms with Crippen molar-refractivity contribution in [2.75, 3.05) is 26.3 Å². The van der Waals surface area contributed by atoms with Gasteiger partial charge in [-0.05, 0) is 38.8 Å². The number of primary amides is 1. The summed E-state index contributed by atoms with van der Waals surface area (Å²) in [6.45, 7) is 7.20. The fourth-order valence-corrected chi connectivity index (χ4v) is 3.48. The third kappa shape index (κ3) is 10.8. The number of carbonyl (C=O) groups excluding carboxylic acids is 1. The number of nitrogens with two attached hydrogens (primary N) is 1. The molecular weight excluding hydrogens is 264 g/mol. The number of urea groups is 1. The van der Waals surface area contributed by atoms with Crippen molar-refractivity contribution in [2.24, 2.45) is 5.73 Å². The molecule has 0 aliphatic rings. The minimum atomic E-state index is -0.379. The summed E-state index contributed by atoms with van der Waals surface area (Å²) in [5.74, 6) is 0. The van der Waals surface area contributed by atoms with Crippen LogP contribution in [0, 0.1) is 0 Å². The third-order valence-corrected chi connectivity index (χ3v) is 5.62. The number of hydrogen-bond acceptors (Lipinski definition) is 3. The highest BCUT2D eigenvalue weighted by molar-refractivity contribution is 6.27. The Morgan fingerprint density at radius 3 is 1.83 bits per heavy atom. The average molecular weight is 293 g/mol.